The summed E-state index contributed by atoms with van der Waals surface area (Å²) in [6.45, 7) is 8.32. The van der Waals surface area contributed by atoms with Crippen LogP contribution in [0.15, 0.2) is 10.5 Å². The van der Waals surface area contributed by atoms with E-state index in [4.69, 9.17) is 4.42 Å². The Morgan fingerprint density at radius 1 is 1.25 bits per heavy atom. The molecule has 0 spiro atoms. The minimum atomic E-state index is -1.26. The SMILES string of the molecule is Cc1cc(C(C)N2C(=O)NC(=O)C(C)(C)C2=O)c(C)o1. The Kier molecular flexibility index (Phi) is 3.20. The van der Waals surface area contributed by atoms with Gasteiger partial charge in [0.15, 0.2) is 0 Å². The van der Waals surface area contributed by atoms with Gasteiger partial charge in [0.05, 0.1) is 6.04 Å². The number of hydrogen-bond acceptors (Lipinski definition) is 4. The summed E-state index contributed by atoms with van der Waals surface area (Å²) in [6, 6.07) is 0.613. The molecular formula is C14H18N2O4. The van der Waals surface area contributed by atoms with Crippen molar-refractivity contribution in [3.63, 3.8) is 0 Å². The molecule has 0 saturated carbocycles. The van der Waals surface area contributed by atoms with Crippen LogP contribution in [0, 0.1) is 19.3 Å². The number of amides is 4. The molecule has 1 aliphatic heterocycles. The van der Waals surface area contributed by atoms with Crippen molar-refractivity contribution in [2.24, 2.45) is 5.41 Å². The molecule has 0 radical (unpaired) electrons. The number of aryl methyl sites for hydroxylation is 2. The lowest BCUT2D eigenvalue weighted by Gasteiger charge is -2.37. The smallest absolute Gasteiger partial charge is 0.331 e. The van der Waals surface area contributed by atoms with E-state index in [1.165, 1.54) is 13.8 Å². The number of imide groups is 2. The first-order chi connectivity index (χ1) is 9.16. The number of hydrogen-bond donors (Lipinski definition) is 1. The molecule has 0 bridgehead atoms. The van der Waals surface area contributed by atoms with Crippen LogP contribution in [0.3, 0.4) is 0 Å². The van der Waals surface area contributed by atoms with Gasteiger partial charge >= 0.3 is 6.03 Å². The van der Waals surface area contributed by atoms with Gasteiger partial charge in [-0.3, -0.25) is 19.8 Å². The average Bonchev–Trinajstić information content (AvgIpc) is 2.66. The average molecular weight is 278 g/mol. The van der Waals surface area contributed by atoms with E-state index in [1.54, 1.807) is 26.8 Å². The number of carbonyl (C=O) groups is 3. The zero-order valence-corrected chi connectivity index (χ0v) is 12.2. The van der Waals surface area contributed by atoms with Crippen molar-refractivity contribution in [3.05, 3.63) is 23.2 Å². The third kappa shape index (κ3) is 2.01. The molecule has 6 heteroatoms. The first-order valence-corrected chi connectivity index (χ1v) is 6.42. The van der Waals surface area contributed by atoms with Gasteiger partial charge in [0.25, 0.3) is 0 Å². The molecule has 4 amide bonds. The number of rotatable bonds is 2. The molecule has 1 N–H and O–H groups in total. The van der Waals surface area contributed by atoms with Gasteiger partial charge in [-0.25, -0.2) is 4.79 Å². The summed E-state index contributed by atoms with van der Waals surface area (Å²) in [4.78, 5) is 37.2. The minimum absolute atomic E-state index is 0.493. The number of nitrogens with zero attached hydrogens (tertiary/aromatic N) is 1. The maximum absolute atomic E-state index is 12.4. The van der Waals surface area contributed by atoms with Gasteiger partial charge in [-0.05, 0) is 40.7 Å². The Labute approximate surface area is 117 Å². The minimum Gasteiger partial charge on any atom is -0.466 e. The molecule has 0 aromatic carbocycles. The molecule has 2 rings (SSSR count). The number of nitrogens with one attached hydrogen (secondary N) is 1. The van der Waals surface area contributed by atoms with Crippen LogP contribution in [-0.4, -0.2) is 22.7 Å². The molecule has 0 aliphatic carbocycles. The highest BCUT2D eigenvalue weighted by Gasteiger charge is 2.49. The highest BCUT2D eigenvalue weighted by molar-refractivity contribution is 6.18. The van der Waals surface area contributed by atoms with Gasteiger partial charge in [-0.15, -0.1) is 0 Å². The maximum Gasteiger partial charge on any atom is 0.331 e. The molecular weight excluding hydrogens is 260 g/mol. The summed E-state index contributed by atoms with van der Waals surface area (Å²) in [5.41, 5.74) is -0.495. The van der Waals surface area contributed by atoms with Gasteiger partial charge in [0.2, 0.25) is 11.8 Å². The van der Waals surface area contributed by atoms with Crippen LogP contribution in [0.2, 0.25) is 0 Å². The standard InChI is InChI=1S/C14H18N2O4/c1-7-6-10(9(3)20-7)8(2)16-12(18)14(4,5)11(17)15-13(16)19/h6,8H,1-5H3,(H,15,17,19). The molecule has 1 aromatic heterocycles. The zero-order chi connectivity index (χ0) is 15.2. The van der Waals surface area contributed by atoms with Crippen LogP contribution in [0.1, 0.15) is 43.9 Å². The van der Waals surface area contributed by atoms with E-state index in [9.17, 15) is 14.4 Å². The molecule has 1 fully saturated rings. The summed E-state index contributed by atoms with van der Waals surface area (Å²) >= 11 is 0. The quantitative estimate of drug-likeness (QED) is 0.840. The summed E-state index contributed by atoms with van der Waals surface area (Å²) in [6.07, 6.45) is 0. The summed E-state index contributed by atoms with van der Waals surface area (Å²) in [5, 5.41) is 2.22. The molecule has 1 saturated heterocycles. The van der Waals surface area contributed by atoms with Crippen molar-refractivity contribution in [2.75, 3.05) is 0 Å². The summed E-state index contributed by atoms with van der Waals surface area (Å²) in [5.74, 6) is 0.294. The largest absolute Gasteiger partial charge is 0.466 e. The van der Waals surface area contributed by atoms with Gasteiger partial charge in [-0.2, -0.15) is 0 Å². The Bertz CT molecular complexity index is 600. The summed E-state index contributed by atoms with van der Waals surface area (Å²) in [7, 11) is 0. The van der Waals surface area contributed by atoms with Gasteiger partial charge in [0, 0.05) is 5.56 Å². The second-order valence-electron chi connectivity index (χ2n) is 5.60. The van der Waals surface area contributed by atoms with Crippen molar-refractivity contribution in [2.45, 2.75) is 40.7 Å². The second-order valence-corrected chi connectivity index (χ2v) is 5.60. The van der Waals surface area contributed by atoms with Crippen molar-refractivity contribution >= 4 is 17.8 Å². The Morgan fingerprint density at radius 3 is 2.35 bits per heavy atom. The zero-order valence-electron chi connectivity index (χ0n) is 12.2. The normalized spacial score (nSPS) is 20.1. The Morgan fingerprint density at radius 2 is 1.85 bits per heavy atom. The number of barbiturate groups is 1. The third-order valence-corrected chi connectivity index (χ3v) is 3.68. The first-order valence-electron chi connectivity index (χ1n) is 6.42. The van der Waals surface area contributed by atoms with Gasteiger partial charge in [0.1, 0.15) is 16.9 Å². The molecule has 1 atom stereocenters. The van der Waals surface area contributed by atoms with Crippen LogP contribution in [-0.2, 0) is 9.59 Å². The van der Waals surface area contributed by atoms with Crippen LogP contribution >= 0.6 is 0 Å². The highest BCUT2D eigenvalue weighted by Crippen LogP contribution is 2.32. The van der Waals surface area contributed by atoms with Gasteiger partial charge in [-0.1, -0.05) is 0 Å². The molecule has 1 unspecified atom stereocenters. The predicted octanol–water partition coefficient (Wildman–Crippen LogP) is 2.06. The monoisotopic (exact) mass is 278 g/mol. The van der Waals surface area contributed by atoms with E-state index in [0.717, 1.165) is 10.5 Å². The second kappa shape index (κ2) is 4.47. The van der Waals surface area contributed by atoms with E-state index in [-0.39, 0.29) is 0 Å². The predicted molar refractivity (Wildman–Crippen MR) is 70.8 cm³/mol. The molecule has 2 heterocycles. The van der Waals surface area contributed by atoms with Crippen LogP contribution in [0.4, 0.5) is 4.79 Å². The number of urea groups is 1. The lowest BCUT2D eigenvalue weighted by molar-refractivity contribution is -0.150. The molecule has 108 valence electrons. The Balaban J connectivity index is 2.40. The van der Waals surface area contributed by atoms with E-state index >= 15 is 0 Å². The molecule has 1 aromatic rings. The molecule has 1 aliphatic rings. The number of carbonyl (C=O) groups excluding carboxylic acids is 3. The van der Waals surface area contributed by atoms with Crippen LogP contribution in [0.25, 0.3) is 0 Å². The van der Waals surface area contributed by atoms with E-state index in [2.05, 4.69) is 5.32 Å². The van der Waals surface area contributed by atoms with Gasteiger partial charge < -0.3 is 4.42 Å². The number of furan rings is 1. The molecule has 20 heavy (non-hydrogen) atoms. The van der Waals surface area contributed by atoms with Crippen LogP contribution < -0.4 is 5.32 Å². The maximum atomic E-state index is 12.4. The van der Waals surface area contributed by atoms with E-state index in [1.807, 2.05) is 0 Å². The Hall–Kier alpha value is -2.11. The third-order valence-electron chi connectivity index (χ3n) is 3.68. The van der Waals surface area contributed by atoms with Crippen molar-refractivity contribution in [1.29, 1.82) is 0 Å². The van der Waals surface area contributed by atoms with Crippen LogP contribution in [0.5, 0.6) is 0 Å². The van der Waals surface area contributed by atoms with Crippen molar-refractivity contribution in [1.82, 2.24) is 10.2 Å². The fourth-order valence-corrected chi connectivity index (χ4v) is 2.36. The highest BCUT2D eigenvalue weighted by atomic mass is 16.3. The van der Waals surface area contributed by atoms with E-state index < -0.39 is 29.3 Å². The topological polar surface area (TPSA) is 79.6 Å². The van der Waals surface area contributed by atoms with E-state index in [0.29, 0.717) is 11.5 Å². The lowest BCUT2D eigenvalue weighted by atomic mass is 9.87. The van der Waals surface area contributed by atoms with Crippen molar-refractivity contribution in [3.8, 4) is 0 Å². The molecule has 6 nitrogen and oxygen atoms in total. The van der Waals surface area contributed by atoms with Crippen molar-refractivity contribution < 1.29 is 18.8 Å². The fourth-order valence-electron chi connectivity index (χ4n) is 2.36. The lowest BCUT2D eigenvalue weighted by Crippen LogP contribution is -2.62. The fraction of sp³-hybridized carbons (Fsp3) is 0.500. The first kappa shape index (κ1) is 14.3. The summed E-state index contributed by atoms with van der Waals surface area (Å²) < 4.78 is 5.43.